The molecule has 27 heavy (non-hydrogen) atoms. The van der Waals surface area contributed by atoms with E-state index in [2.05, 4.69) is 31.8 Å². The Balaban J connectivity index is 1.90. The number of oxazole rings is 1. The summed E-state index contributed by atoms with van der Waals surface area (Å²) in [5.41, 5.74) is 4.03. The summed E-state index contributed by atoms with van der Waals surface area (Å²) in [4.78, 5) is 4.73. The van der Waals surface area contributed by atoms with Crippen molar-refractivity contribution in [3.8, 4) is 23.3 Å². The molecule has 0 saturated heterocycles. The number of aryl methyl sites for hydroxylation is 2. The lowest BCUT2D eigenvalue weighted by atomic mass is 10.1. The molecule has 0 fully saturated rings. The van der Waals surface area contributed by atoms with Crippen LogP contribution in [-0.2, 0) is 6.42 Å². The fraction of sp³-hybridized carbons (Fsp3) is 0.292. The van der Waals surface area contributed by atoms with Gasteiger partial charge in [-0.1, -0.05) is 61.9 Å². The molecule has 0 aliphatic heterocycles. The van der Waals surface area contributed by atoms with E-state index in [-0.39, 0.29) is 0 Å². The third kappa shape index (κ3) is 5.25. The minimum absolute atomic E-state index is 0.603. The summed E-state index contributed by atoms with van der Waals surface area (Å²) >= 11 is 5.99. The molecule has 3 aromatic rings. The van der Waals surface area contributed by atoms with E-state index >= 15 is 0 Å². The highest BCUT2D eigenvalue weighted by atomic mass is 35.5. The van der Waals surface area contributed by atoms with E-state index in [1.54, 1.807) is 0 Å². The van der Waals surface area contributed by atoms with Crippen molar-refractivity contribution in [2.24, 2.45) is 0 Å². The van der Waals surface area contributed by atoms with E-state index in [1.807, 2.05) is 42.5 Å². The fourth-order valence-corrected chi connectivity index (χ4v) is 3.02. The third-order valence-electron chi connectivity index (χ3n) is 4.51. The summed E-state index contributed by atoms with van der Waals surface area (Å²) in [6, 6.07) is 15.7. The molecule has 1 aromatic heterocycles. The molecule has 0 bridgehead atoms. The molecule has 0 amide bonds. The topological polar surface area (TPSA) is 26.0 Å². The van der Waals surface area contributed by atoms with Crippen LogP contribution in [0.15, 0.2) is 52.9 Å². The minimum Gasteiger partial charge on any atom is -0.427 e. The number of nitrogens with zero attached hydrogens (tertiary/aromatic N) is 1. The zero-order valence-corrected chi connectivity index (χ0v) is 16.6. The van der Waals surface area contributed by atoms with Gasteiger partial charge in [0.15, 0.2) is 0 Å². The predicted molar refractivity (Wildman–Crippen MR) is 112 cm³/mol. The number of halogens is 1. The lowest BCUT2D eigenvalue weighted by Crippen LogP contribution is -1.90. The van der Waals surface area contributed by atoms with Crippen LogP contribution >= 0.6 is 11.6 Å². The van der Waals surface area contributed by atoms with Gasteiger partial charge in [-0.05, 0) is 61.6 Å². The van der Waals surface area contributed by atoms with Crippen molar-refractivity contribution in [2.45, 2.75) is 46.0 Å². The minimum atomic E-state index is 0.603. The Kier molecular flexibility index (Phi) is 6.74. The lowest BCUT2D eigenvalue weighted by Gasteiger charge is -1.97. The first-order valence-corrected chi connectivity index (χ1v) is 9.88. The summed E-state index contributed by atoms with van der Waals surface area (Å²) < 4.78 is 6.03. The van der Waals surface area contributed by atoms with Gasteiger partial charge in [-0.2, -0.15) is 0 Å². The van der Waals surface area contributed by atoms with E-state index < -0.39 is 0 Å². The molecule has 0 aliphatic rings. The number of rotatable bonds is 6. The van der Waals surface area contributed by atoms with Crippen molar-refractivity contribution in [1.82, 2.24) is 4.98 Å². The van der Waals surface area contributed by atoms with Gasteiger partial charge in [-0.25, -0.2) is 4.98 Å². The summed E-state index contributed by atoms with van der Waals surface area (Å²) in [6.07, 6.45) is 5.64. The maximum absolute atomic E-state index is 6.03. The SMILES string of the molecule is CCCCCCc1nc(-c2ccc(Cl)cc2)oc1C#Cc1ccccc1C. The first kappa shape index (κ1) is 19.3. The van der Waals surface area contributed by atoms with Gasteiger partial charge in [0.25, 0.3) is 0 Å². The lowest BCUT2D eigenvalue weighted by molar-refractivity contribution is 0.558. The second kappa shape index (κ2) is 9.44. The molecule has 2 nitrogen and oxygen atoms in total. The molecule has 0 radical (unpaired) electrons. The van der Waals surface area contributed by atoms with Crippen molar-refractivity contribution in [2.75, 3.05) is 0 Å². The summed E-state index contributed by atoms with van der Waals surface area (Å²) in [7, 11) is 0. The third-order valence-corrected chi connectivity index (χ3v) is 4.76. The number of unbranched alkanes of at least 4 members (excludes halogenated alkanes) is 3. The Bertz CT molecular complexity index is 945. The number of aromatic nitrogens is 1. The van der Waals surface area contributed by atoms with Crippen LogP contribution in [0.1, 0.15) is 55.2 Å². The second-order valence-electron chi connectivity index (χ2n) is 6.68. The van der Waals surface area contributed by atoms with Crippen molar-refractivity contribution < 1.29 is 4.42 Å². The van der Waals surface area contributed by atoms with E-state index in [0.717, 1.165) is 35.2 Å². The molecule has 0 atom stereocenters. The Morgan fingerprint density at radius 2 is 1.74 bits per heavy atom. The van der Waals surface area contributed by atoms with Crippen LogP contribution in [0, 0.1) is 18.8 Å². The van der Waals surface area contributed by atoms with E-state index in [0.29, 0.717) is 16.7 Å². The zero-order chi connectivity index (χ0) is 19.1. The van der Waals surface area contributed by atoms with Gasteiger partial charge >= 0.3 is 0 Å². The molecular formula is C24H24ClNO. The van der Waals surface area contributed by atoms with Gasteiger partial charge in [0.1, 0.15) is 0 Å². The average molecular weight is 378 g/mol. The van der Waals surface area contributed by atoms with Gasteiger partial charge in [-0.15, -0.1) is 0 Å². The van der Waals surface area contributed by atoms with Gasteiger partial charge in [0, 0.05) is 16.1 Å². The van der Waals surface area contributed by atoms with E-state index in [4.69, 9.17) is 21.0 Å². The van der Waals surface area contributed by atoms with Crippen molar-refractivity contribution in [3.05, 3.63) is 76.1 Å². The number of hydrogen-bond acceptors (Lipinski definition) is 2. The molecule has 0 unspecified atom stereocenters. The molecule has 0 N–H and O–H groups in total. The van der Waals surface area contributed by atoms with Gasteiger partial charge in [-0.3, -0.25) is 0 Å². The van der Waals surface area contributed by atoms with Crippen molar-refractivity contribution in [3.63, 3.8) is 0 Å². The van der Waals surface area contributed by atoms with Crippen LogP contribution in [0.2, 0.25) is 5.02 Å². The largest absolute Gasteiger partial charge is 0.427 e. The van der Waals surface area contributed by atoms with Crippen LogP contribution in [0.4, 0.5) is 0 Å². The summed E-state index contributed by atoms with van der Waals surface area (Å²) in [5.74, 6) is 7.72. The predicted octanol–water partition coefficient (Wildman–Crippen LogP) is 6.83. The molecule has 0 aliphatic carbocycles. The molecule has 2 aromatic carbocycles. The van der Waals surface area contributed by atoms with Crippen LogP contribution in [0.5, 0.6) is 0 Å². The maximum atomic E-state index is 6.03. The quantitative estimate of drug-likeness (QED) is 0.347. The molecule has 138 valence electrons. The Morgan fingerprint density at radius 3 is 2.48 bits per heavy atom. The molecule has 1 heterocycles. The fourth-order valence-electron chi connectivity index (χ4n) is 2.89. The first-order chi connectivity index (χ1) is 13.2. The number of benzene rings is 2. The molecule has 3 rings (SSSR count). The second-order valence-corrected chi connectivity index (χ2v) is 7.11. The highest BCUT2D eigenvalue weighted by molar-refractivity contribution is 6.30. The number of hydrogen-bond donors (Lipinski definition) is 0. The summed E-state index contributed by atoms with van der Waals surface area (Å²) in [5, 5.41) is 0.699. The van der Waals surface area contributed by atoms with Crippen LogP contribution < -0.4 is 0 Å². The van der Waals surface area contributed by atoms with Crippen LogP contribution in [0.25, 0.3) is 11.5 Å². The molecular weight excluding hydrogens is 354 g/mol. The summed E-state index contributed by atoms with van der Waals surface area (Å²) in [6.45, 7) is 4.28. The Morgan fingerprint density at radius 1 is 0.963 bits per heavy atom. The Hall–Kier alpha value is -2.50. The highest BCUT2D eigenvalue weighted by Gasteiger charge is 2.13. The first-order valence-electron chi connectivity index (χ1n) is 9.50. The maximum Gasteiger partial charge on any atom is 0.227 e. The smallest absolute Gasteiger partial charge is 0.227 e. The molecule has 0 spiro atoms. The van der Waals surface area contributed by atoms with Crippen molar-refractivity contribution in [1.29, 1.82) is 0 Å². The normalized spacial score (nSPS) is 10.5. The van der Waals surface area contributed by atoms with Gasteiger partial charge in [0.05, 0.1) is 5.69 Å². The molecule has 3 heteroatoms. The zero-order valence-electron chi connectivity index (χ0n) is 15.9. The highest BCUT2D eigenvalue weighted by Crippen LogP contribution is 2.24. The Labute approximate surface area is 166 Å². The average Bonchev–Trinajstić information content (AvgIpc) is 3.08. The van der Waals surface area contributed by atoms with E-state index in [9.17, 15) is 0 Å². The monoisotopic (exact) mass is 377 g/mol. The molecule has 0 saturated carbocycles. The van der Waals surface area contributed by atoms with Gasteiger partial charge < -0.3 is 4.42 Å². The van der Waals surface area contributed by atoms with Crippen LogP contribution in [-0.4, -0.2) is 4.98 Å². The van der Waals surface area contributed by atoms with E-state index in [1.165, 1.54) is 19.3 Å². The van der Waals surface area contributed by atoms with Crippen LogP contribution in [0.3, 0.4) is 0 Å². The van der Waals surface area contributed by atoms with Gasteiger partial charge in [0.2, 0.25) is 11.7 Å². The standard InChI is InChI=1S/C24H24ClNO/c1-3-4-5-6-11-22-23(17-14-19-10-8-7-9-18(19)2)27-24(26-22)20-12-15-21(25)16-13-20/h7-10,12-13,15-16H,3-6,11H2,1-2H3. The van der Waals surface area contributed by atoms with Crippen molar-refractivity contribution >= 4 is 11.6 Å².